The molecule has 3 aliphatic heterocycles. The van der Waals surface area contributed by atoms with Crippen LogP contribution in [-0.4, -0.2) is 145 Å². The molecule has 3 unspecified atom stereocenters. The van der Waals surface area contributed by atoms with E-state index in [1.165, 1.54) is 18.7 Å². The fraction of sp³-hybridized carbons (Fsp3) is 0.778. The van der Waals surface area contributed by atoms with Crippen molar-refractivity contribution >= 4 is 71.6 Å². The number of phosphoric acid groups is 3. The van der Waals surface area contributed by atoms with E-state index in [0.717, 1.165) is 19.2 Å². The number of amides is 2. The van der Waals surface area contributed by atoms with E-state index in [1.807, 2.05) is 6.92 Å². The van der Waals surface area contributed by atoms with Crippen molar-refractivity contribution in [3.05, 3.63) is 0 Å². The molecule has 3 heterocycles. The third-order valence-electron chi connectivity index (χ3n) is 8.26. The predicted molar refractivity (Wildman–Crippen MR) is 195 cm³/mol. The first-order valence-corrected chi connectivity index (χ1v) is 21.9. The second kappa shape index (κ2) is 19.6. The second-order valence-electron chi connectivity index (χ2n) is 13.2. The van der Waals surface area contributed by atoms with E-state index in [2.05, 4.69) is 42.6 Å². The highest BCUT2D eigenvalue weighted by atomic mass is 32.1. The summed E-state index contributed by atoms with van der Waals surface area (Å²) >= 11 is 3.96. The lowest BCUT2D eigenvalue weighted by molar-refractivity contribution is -0.137. The van der Waals surface area contributed by atoms with Crippen LogP contribution in [0, 0.1) is 5.41 Å². The van der Waals surface area contributed by atoms with Crippen molar-refractivity contribution in [2.45, 2.75) is 89.2 Å². The van der Waals surface area contributed by atoms with E-state index in [0.29, 0.717) is 18.7 Å². The molecule has 314 valence electrons. The number of nitrogens with two attached hydrogens (primary N) is 1. The Morgan fingerprint density at radius 1 is 1.11 bits per heavy atom. The third kappa shape index (κ3) is 13.3. The first-order valence-electron chi connectivity index (χ1n) is 16.8. The lowest BCUT2D eigenvalue weighted by Gasteiger charge is -2.31. The van der Waals surface area contributed by atoms with Gasteiger partial charge in [-0.3, -0.25) is 38.7 Å². The number of carbonyl (C=O) groups excluding carboxylic acids is 3. The van der Waals surface area contributed by atoms with E-state index in [1.54, 1.807) is 0 Å². The molecule has 28 heteroatoms. The molecule has 0 radical (unpaired) electrons. The molecule has 0 aromatic heterocycles. The summed E-state index contributed by atoms with van der Waals surface area (Å²) in [5, 5.41) is 26.4. The van der Waals surface area contributed by atoms with E-state index < -0.39 is 90.1 Å². The van der Waals surface area contributed by atoms with Crippen molar-refractivity contribution in [1.29, 1.82) is 0 Å². The van der Waals surface area contributed by atoms with Crippen LogP contribution in [0.1, 0.15) is 52.9 Å². The normalized spacial score (nSPS) is 26.7. The van der Waals surface area contributed by atoms with Gasteiger partial charge in [-0.2, -0.15) is 16.9 Å². The van der Waals surface area contributed by atoms with Crippen molar-refractivity contribution in [3.63, 3.8) is 0 Å². The van der Waals surface area contributed by atoms with Crippen molar-refractivity contribution in [1.82, 2.24) is 15.5 Å². The summed E-state index contributed by atoms with van der Waals surface area (Å²) in [7, 11) is -16.5. The number of nitrogens with zero attached hydrogens (tertiary/aromatic N) is 4. The molecule has 0 saturated carbocycles. The minimum Gasteiger partial charge on any atom is -0.386 e. The molecule has 8 atom stereocenters. The largest absolute Gasteiger partial charge is 0.481 e. The van der Waals surface area contributed by atoms with E-state index in [9.17, 15) is 57.9 Å². The summed E-state index contributed by atoms with van der Waals surface area (Å²) in [6, 6.07) is 0. The summed E-state index contributed by atoms with van der Waals surface area (Å²) in [5.41, 5.74) is 2.77. The summed E-state index contributed by atoms with van der Waals surface area (Å²) < 4.78 is 61.4. The number of hydrogen-bond acceptors (Lipinski definition) is 19. The van der Waals surface area contributed by atoms with Gasteiger partial charge in [0.1, 0.15) is 43.1 Å². The second-order valence-corrected chi connectivity index (χ2v) is 17.9. The van der Waals surface area contributed by atoms with Crippen LogP contribution >= 0.6 is 36.1 Å². The molecule has 0 aliphatic carbocycles. The zero-order valence-corrected chi connectivity index (χ0v) is 33.6. The number of carbonyl (C=O) groups is 3. The Bertz CT molecular complexity index is 1650. The zero-order valence-electron chi connectivity index (χ0n) is 30.1. The number of nitrogens with one attached hydrogen (secondary N) is 2. The number of phosphoric ester groups is 3. The number of ketones is 1. The van der Waals surface area contributed by atoms with Crippen molar-refractivity contribution in [2.24, 2.45) is 26.1 Å². The Morgan fingerprint density at radius 2 is 1.78 bits per heavy atom. The van der Waals surface area contributed by atoms with Gasteiger partial charge in [0, 0.05) is 37.1 Å². The first-order chi connectivity index (χ1) is 25.5. The zero-order chi connectivity index (χ0) is 41.4. The number of Topliss-reactive ketones (excluding diaryl/α,β-unsaturated/α-hetero) is 1. The van der Waals surface area contributed by atoms with Crippen LogP contribution in [0.25, 0.3) is 0 Å². The third-order valence-corrected chi connectivity index (χ3v) is 11.6. The van der Waals surface area contributed by atoms with Crippen molar-refractivity contribution in [2.75, 3.05) is 38.7 Å². The van der Waals surface area contributed by atoms with Crippen molar-refractivity contribution in [3.8, 4) is 0 Å². The van der Waals surface area contributed by atoms with Gasteiger partial charge in [-0.25, -0.2) is 23.7 Å². The number of fused-ring (bicyclic) bond motifs is 1. The maximum absolute atomic E-state index is 13.0. The Morgan fingerprint density at radius 3 is 2.42 bits per heavy atom. The Labute approximate surface area is 321 Å². The predicted octanol–water partition coefficient (Wildman–Crippen LogP) is -1.30. The molecule has 0 bridgehead atoms. The van der Waals surface area contributed by atoms with Gasteiger partial charge in [0.15, 0.2) is 17.8 Å². The maximum atomic E-state index is 13.0. The minimum atomic E-state index is -5.60. The number of rotatable bonds is 23. The lowest BCUT2D eigenvalue weighted by Crippen LogP contribution is -2.59. The summed E-state index contributed by atoms with van der Waals surface area (Å²) in [4.78, 5) is 90.2. The van der Waals surface area contributed by atoms with Crippen LogP contribution in [0.2, 0.25) is 0 Å². The summed E-state index contributed by atoms with van der Waals surface area (Å²) in [5.74, 6) is -1.45. The van der Waals surface area contributed by atoms with Crippen LogP contribution in [-0.2, 0) is 50.7 Å². The minimum absolute atomic E-state index is 0.0609. The van der Waals surface area contributed by atoms with Crippen LogP contribution in [0.4, 0.5) is 0 Å². The SMILES string of the molecule is CCCCCC(=O)C1(N)N=CN=C2C1=NCN2[C@@H]1O[C@H](COP(=O)(O)OP(=O)(O)OCC(C)(C)[C@@H](O)C(=O)NCCC(=O)NCCS)[C@@H](OP(=O)(O)O)[C@H]1O. The maximum Gasteiger partial charge on any atom is 0.481 e. The van der Waals surface area contributed by atoms with Gasteiger partial charge in [0.25, 0.3) is 0 Å². The van der Waals surface area contributed by atoms with Crippen LogP contribution in [0.3, 0.4) is 0 Å². The number of aliphatic hydroxyl groups is 2. The molecule has 3 rings (SSSR count). The molecule has 0 spiro atoms. The van der Waals surface area contributed by atoms with E-state index >= 15 is 0 Å². The molecule has 1 fully saturated rings. The molecule has 0 aromatic carbocycles. The molecule has 0 aromatic rings. The van der Waals surface area contributed by atoms with Gasteiger partial charge < -0.3 is 50.1 Å². The molecular weight excluding hydrogens is 819 g/mol. The molecule has 2 amide bonds. The van der Waals surface area contributed by atoms with Crippen LogP contribution < -0.4 is 16.4 Å². The monoisotopic (exact) mass is 867 g/mol. The van der Waals surface area contributed by atoms with Gasteiger partial charge >= 0.3 is 23.5 Å². The highest BCUT2D eigenvalue weighted by Crippen LogP contribution is 2.61. The Balaban J connectivity index is 1.63. The van der Waals surface area contributed by atoms with E-state index in [4.69, 9.17) is 24.0 Å². The molecule has 1 saturated heterocycles. The Hall–Kier alpha value is -2.02. The molecule has 24 nitrogen and oxygen atoms in total. The summed E-state index contributed by atoms with van der Waals surface area (Å²) in [6.45, 7) is 2.26. The topological polar surface area (TPSA) is 360 Å². The molecule has 3 aliphatic rings. The first kappa shape index (κ1) is 47.4. The van der Waals surface area contributed by atoms with E-state index in [-0.39, 0.29) is 43.5 Å². The number of thiol groups is 1. The van der Waals surface area contributed by atoms with Gasteiger partial charge in [0.2, 0.25) is 17.5 Å². The number of ether oxygens (including phenoxy) is 1. The van der Waals surface area contributed by atoms with Crippen LogP contribution in [0.5, 0.6) is 0 Å². The molecule has 55 heavy (non-hydrogen) atoms. The average molecular weight is 868 g/mol. The van der Waals surface area contributed by atoms with Gasteiger partial charge in [-0.05, 0) is 6.42 Å². The quantitative estimate of drug-likeness (QED) is 0.0324. The Kier molecular flexibility index (Phi) is 16.9. The molecular formula is C27H48N7O17P3S. The smallest absolute Gasteiger partial charge is 0.386 e. The number of unbranched alkanes of at least 4 members (excludes halogenated alkanes) is 2. The highest BCUT2D eigenvalue weighted by Gasteiger charge is 2.55. The fourth-order valence-electron chi connectivity index (χ4n) is 5.32. The van der Waals surface area contributed by atoms with Gasteiger partial charge in [-0.15, -0.1) is 0 Å². The molecule has 10 N–H and O–H groups in total. The number of hydrogen-bond donors (Lipinski definition) is 10. The fourth-order valence-corrected chi connectivity index (χ4v) is 8.26. The van der Waals surface area contributed by atoms with Crippen LogP contribution in [0.15, 0.2) is 15.0 Å². The van der Waals surface area contributed by atoms with Gasteiger partial charge in [0.05, 0.1) is 13.2 Å². The average Bonchev–Trinajstić information content (AvgIpc) is 3.65. The number of aliphatic imine (C=N–C) groups is 3. The lowest BCUT2D eigenvalue weighted by atomic mass is 9.87. The summed E-state index contributed by atoms with van der Waals surface area (Å²) in [6.07, 6.45) is -5.97. The van der Waals surface area contributed by atoms with Crippen molar-refractivity contribution < 1.29 is 80.5 Å². The van der Waals surface area contributed by atoms with Gasteiger partial charge in [-0.1, -0.05) is 33.6 Å². The standard InChI is InChI=1S/C27H48N7O17P3S/c1-4-5-6-7-17(35)27(28)21-23(31-14-33-27)34(15-32-21)25-19(37)20(50-52(40,41)42)16(49-25)12-47-53(43,44)51-54(45,46)48-13-26(2,3)22(38)24(39)30-9-8-18(36)29-10-11-55/h14,16,19-20,22,25,37-38,55H,4-13,15,28H2,1-3H3,(H,29,36)(H,30,39)(H,43,44)(H,45,46)(H2,40,41,42)/t16-,19-,20-,22+,25-,27?/m1/s1. The highest BCUT2D eigenvalue weighted by molar-refractivity contribution is 7.80. The number of aliphatic hydroxyl groups excluding tert-OH is 2. The number of amidine groups is 1.